The zero-order valence-corrected chi connectivity index (χ0v) is 13.6. The average Bonchev–Trinajstić information content (AvgIpc) is 2.91. The fourth-order valence-electron chi connectivity index (χ4n) is 2.18. The zero-order valence-electron chi connectivity index (χ0n) is 12.0. The molecule has 0 spiro atoms. The second-order valence-corrected chi connectivity index (χ2v) is 5.71. The van der Waals surface area contributed by atoms with E-state index in [4.69, 9.17) is 0 Å². The fourth-order valence-corrected chi connectivity index (χ4v) is 2.50. The Hall–Kier alpha value is -1.43. The van der Waals surface area contributed by atoms with E-state index >= 15 is 0 Å². The second-order valence-electron chi connectivity index (χ2n) is 4.86. The van der Waals surface area contributed by atoms with E-state index in [1.165, 1.54) is 0 Å². The SMILES string of the molecule is CCC(CC)n1ccc(CNc2cc(F)c(Br)cc2F)n1. The highest BCUT2D eigenvalue weighted by Gasteiger charge is 2.10. The van der Waals surface area contributed by atoms with E-state index in [1.54, 1.807) is 0 Å². The van der Waals surface area contributed by atoms with Crippen LogP contribution in [0.5, 0.6) is 0 Å². The predicted octanol–water partition coefficient (Wildman–Crippen LogP) is 4.90. The van der Waals surface area contributed by atoms with Gasteiger partial charge in [0.25, 0.3) is 0 Å². The zero-order chi connectivity index (χ0) is 15.4. The Morgan fingerprint density at radius 1 is 1.24 bits per heavy atom. The van der Waals surface area contributed by atoms with E-state index in [-0.39, 0.29) is 10.2 Å². The number of hydrogen-bond acceptors (Lipinski definition) is 2. The van der Waals surface area contributed by atoms with Crippen LogP contribution in [-0.4, -0.2) is 9.78 Å². The average molecular weight is 358 g/mol. The molecule has 0 aliphatic carbocycles. The molecule has 1 N–H and O–H groups in total. The minimum atomic E-state index is -0.499. The number of anilines is 1. The maximum atomic E-state index is 13.7. The molecular weight excluding hydrogens is 340 g/mol. The number of halogens is 3. The van der Waals surface area contributed by atoms with Gasteiger partial charge in [-0.2, -0.15) is 5.10 Å². The summed E-state index contributed by atoms with van der Waals surface area (Å²) >= 11 is 2.95. The highest BCUT2D eigenvalue weighted by molar-refractivity contribution is 9.10. The summed E-state index contributed by atoms with van der Waals surface area (Å²) in [4.78, 5) is 0. The summed E-state index contributed by atoms with van der Waals surface area (Å²) in [5.41, 5.74) is 0.928. The Balaban J connectivity index is 2.05. The summed E-state index contributed by atoms with van der Waals surface area (Å²) in [7, 11) is 0. The molecule has 21 heavy (non-hydrogen) atoms. The third-order valence-corrected chi connectivity index (χ3v) is 4.06. The van der Waals surface area contributed by atoms with Crippen molar-refractivity contribution >= 4 is 21.6 Å². The van der Waals surface area contributed by atoms with E-state index < -0.39 is 11.6 Å². The number of aromatic nitrogens is 2. The Kier molecular flexibility index (Phi) is 5.33. The molecule has 1 aromatic carbocycles. The normalized spacial score (nSPS) is 11.1. The summed E-state index contributed by atoms with van der Waals surface area (Å²) in [5.74, 6) is -0.996. The Morgan fingerprint density at radius 3 is 2.62 bits per heavy atom. The van der Waals surface area contributed by atoms with Crippen molar-refractivity contribution in [2.45, 2.75) is 39.3 Å². The summed E-state index contributed by atoms with van der Waals surface area (Å²) in [6.07, 6.45) is 3.95. The molecule has 114 valence electrons. The van der Waals surface area contributed by atoms with Gasteiger partial charge in [-0.1, -0.05) is 13.8 Å². The van der Waals surface area contributed by atoms with Crippen molar-refractivity contribution in [1.82, 2.24) is 9.78 Å². The van der Waals surface area contributed by atoms with Crippen LogP contribution >= 0.6 is 15.9 Å². The Labute approximate surface area is 131 Å². The van der Waals surface area contributed by atoms with Gasteiger partial charge in [0.2, 0.25) is 0 Å². The van der Waals surface area contributed by atoms with E-state index in [2.05, 4.69) is 40.2 Å². The lowest BCUT2D eigenvalue weighted by Crippen LogP contribution is -2.09. The molecule has 0 atom stereocenters. The highest BCUT2D eigenvalue weighted by Crippen LogP contribution is 2.23. The predicted molar refractivity (Wildman–Crippen MR) is 83.2 cm³/mol. The molecule has 3 nitrogen and oxygen atoms in total. The standard InChI is InChI=1S/C15H18BrF2N3/c1-3-11(4-2)21-6-5-10(20-21)9-19-15-8-13(17)12(16)7-14(15)18/h5-8,11,19H,3-4,9H2,1-2H3. The van der Waals surface area contributed by atoms with Gasteiger partial charge in [-0.05, 0) is 40.9 Å². The highest BCUT2D eigenvalue weighted by atomic mass is 79.9. The lowest BCUT2D eigenvalue weighted by atomic mass is 10.2. The van der Waals surface area contributed by atoms with Gasteiger partial charge in [0.1, 0.15) is 11.6 Å². The van der Waals surface area contributed by atoms with Crippen molar-refractivity contribution < 1.29 is 8.78 Å². The van der Waals surface area contributed by atoms with Crippen LogP contribution in [0.1, 0.15) is 38.4 Å². The van der Waals surface area contributed by atoms with Gasteiger partial charge in [-0.3, -0.25) is 4.68 Å². The minimum absolute atomic E-state index is 0.114. The molecule has 1 aromatic heterocycles. The van der Waals surface area contributed by atoms with Gasteiger partial charge in [0, 0.05) is 12.3 Å². The second kappa shape index (κ2) is 7.02. The van der Waals surface area contributed by atoms with Crippen LogP contribution in [0.4, 0.5) is 14.5 Å². The van der Waals surface area contributed by atoms with Gasteiger partial charge in [-0.25, -0.2) is 8.78 Å². The van der Waals surface area contributed by atoms with Gasteiger partial charge >= 0.3 is 0 Å². The molecule has 0 unspecified atom stereocenters. The van der Waals surface area contributed by atoms with Crippen molar-refractivity contribution in [1.29, 1.82) is 0 Å². The molecule has 0 aliphatic rings. The molecule has 0 aliphatic heterocycles. The molecular formula is C15H18BrF2N3. The van der Waals surface area contributed by atoms with Crippen LogP contribution in [0, 0.1) is 11.6 Å². The van der Waals surface area contributed by atoms with Crippen LogP contribution < -0.4 is 5.32 Å². The van der Waals surface area contributed by atoms with Crippen molar-refractivity contribution in [2.24, 2.45) is 0 Å². The first-order valence-electron chi connectivity index (χ1n) is 6.97. The van der Waals surface area contributed by atoms with Crippen LogP contribution in [0.15, 0.2) is 28.9 Å². The van der Waals surface area contributed by atoms with Crippen molar-refractivity contribution in [2.75, 3.05) is 5.32 Å². The van der Waals surface area contributed by atoms with Gasteiger partial charge in [-0.15, -0.1) is 0 Å². The topological polar surface area (TPSA) is 29.9 Å². The smallest absolute Gasteiger partial charge is 0.147 e. The third kappa shape index (κ3) is 3.81. The summed E-state index contributed by atoms with van der Waals surface area (Å²) in [6.45, 7) is 4.59. The van der Waals surface area contributed by atoms with E-state index in [9.17, 15) is 8.78 Å². The van der Waals surface area contributed by atoms with Crippen LogP contribution in [0.3, 0.4) is 0 Å². The maximum Gasteiger partial charge on any atom is 0.147 e. The monoisotopic (exact) mass is 357 g/mol. The van der Waals surface area contributed by atoms with Crippen LogP contribution in [0.25, 0.3) is 0 Å². The molecule has 6 heteroatoms. The van der Waals surface area contributed by atoms with E-state index in [0.717, 1.165) is 30.7 Å². The molecule has 0 bridgehead atoms. The van der Waals surface area contributed by atoms with Crippen LogP contribution in [-0.2, 0) is 6.54 Å². The molecule has 0 fully saturated rings. The van der Waals surface area contributed by atoms with Crippen molar-refractivity contribution in [3.63, 3.8) is 0 Å². The molecule has 0 amide bonds. The van der Waals surface area contributed by atoms with E-state index in [1.807, 2.05) is 16.9 Å². The molecule has 2 rings (SSSR count). The number of nitrogens with one attached hydrogen (secondary N) is 1. The van der Waals surface area contributed by atoms with Gasteiger partial charge in [0.05, 0.1) is 28.4 Å². The van der Waals surface area contributed by atoms with E-state index in [0.29, 0.717) is 12.6 Å². The molecule has 0 saturated carbocycles. The van der Waals surface area contributed by atoms with Crippen molar-refractivity contribution in [3.05, 3.63) is 46.2 Å². The minimum Gasteiger partial charge on any atom is -0.377 e. The molecule has 1 heterocycles. The number of rotatable bonds is 6. The first-order chi connectivity index (χ1) is 10.0. The Morgan fingerprint density at radius 2 is 1.95 bits per heavy atom. The number of benzene rings is 1. The molecule has 0 radical (unpaired) electrons. The largest absolute Gasteiger partial charge is 0.377 e. The van der Waals surface area contributed by atoms with Crippen molar-refractivity contribution in [3.8, 4) is 0 Å². The maximum absolute atomic E-state index is 13.7. The summed E-state index contributed by atoms with van der Waals surface area (Å²) < 4.78 is 29.1. The lowest BCUT2D eigenvalue weighted by Gasteiger charge is -2.12. The number of hydrogen-bond donors (Lipinski definition) is 1. The van der Waals surface area contributed by atoms with Gasteiger partial charge < -0.3 is 5.32 Å². The first-order valence-corrected chi connectivity index (χ1v) is 7.76. The fraction of sp³-hybridized carbons (Fsp3) is 0.400. The van der Waals surface area contributed by atoms with Crippen LogP contribution in [0.2, 0.25) is 0 Å². The first kappa shape index (κ1) is 15.9. The van der Waals surface area contributed by atoms with Gasteiger partial charge in [0.15, 0.2) is 0 Å². The molecule has 2 aromatic rings. The summed E-state index contributed by atoms with van der Waals surface area (Å²) in [6, 6.07) is 4.51. The quantitative estimate of drug-likeness (QED) is 0.745. The lowest BCUT2D eigenvalue weighted by molar-refractivity contribution is 0.426. The third-order valence-electron chi connectivity index (χ3n) is 3.45. The number of nitrogens with zero attached hydrogens (tertiary/aromatic N) is 2. The summed E-state index contributed by atoms with van der Waals surface area (Å²) in [5, 5.41) is 7.34. The Bertz CT molecular complexity index is 609. The molecule has 0 saturated heterocycles.